The van der Waals surface area contributed by atoms with Crippen LogP contribution in [0.25, 0.3) is 0 Å². The Morgan fingerprint density at radius 3 is 2.53 bits per heavy atom. The highest BCUT2D eigenvalue weighted by Gasteiger charge is 2.37. The molecule has 0 atom stereocenters. The predicted molar refractivity (Wildman–Crippen MR) is 121 cm³/mol. The van der Waals surface area contributed by atoms with Crippen LogP contribution in [0.3, 0.4) is 0 Å². The van der Waals surface area contributed by atoms with Gasteiger partial charge in [0.05, 0.1) is 12.1 Å². The summed E-state index contributed by atoms with van der Waals surface area (Å²) in [6.45, 7) is 0.972. The number of aryl methyl sites for hydroxylation is 1. The van der Waals surface area contributed by atoms with Crippen molar-refractivity contribution >= 4 is 29.9 Å². The van der Waals surface area contributed by atoms with Gasteiger partial charge < -0.3 is 10.6 Å². The molecule has 0 unspecified atom stereocenters. The first-order chi connectivity index (χ1) is 13.8. The van der Waals surface area contributed by atoms with E-state index in [0.29, 0.717) is 19.0 Å². The monoisotopic (exact) mass is 536 g/mol. The summed E-state index contributed by atoms with van der Waals surface area (Å²) in [6, 6.07) is 5.77. The first-order valence-corrected chi connectivity index (χ1v) is 9.79. The summed E-state index contributed by atoms with van der Waals surface area (Å²) in [5.74, 6) is 1.35. The molecule has 1 fully saturated rings. The SMILES string of the molecule is CN=C(NCc1ncnn1C)NCC1(c2cccc(C(F)(F)F)c2)CCCCC1.I. The molecule has 3 rings (SSSR count). The maximum absolute atomic E-state index is 13.2. The van der Waals surface area contributed by atoms with Crippen molar-refractivity contribution in [1.82, 2.24) is 25.4 Å². The molecule has 0 aliphatic heterocycles. The molecule has 0 amide bonds. The van der Waals surface area contributed by atoms with Crippen LogP contribution in [0.2, 0.25) is 0 Å². The number of rotatable bonds is 5. The molecule has 1 aromatic heterocycles. The zero-order chi connectivity index (χ0) is 20.9. The quantitative estimate of drug-likeness (QED) is 0.344. The number of hydrogen-bond donors (Lipinski definition) is 2. The van der Waals surface area contributed by atoms with Gasteiger partial charge >= 0.3 is 6.18 Å². The van der Waals surface area contributed by atoms with Gasteiger partial charge in [-0.25, -0.2) is 4.98 Å². The van der Waals surface area contributed by atoms with Crippen LogP contribution in [-0.2, 0) is 25.2 Å². The van der Waals surface area contributed by atoms with Gasteiger partial charge in [-0.3, -0.25) is 9.67 Å². The fourth-order valence-electron chi connectivity index (χ4n) is 3.94. The van der Waals surface area contributed by atoms with Gasteiger partial charge in [0, 0.05) is 26.1 Å². The first-order valence-electron chi connectivity index (χ1n) is 9.79. The maximum atomic E-state index is 13.2. The minimum absolute atomic E-state index is 0. The molecule has 0 saturated heterocycles. The molecule has 1 aromatic carbocycles. The van der Waals surface area contributed by atoms with Gasteiger partial charge in [0.15, 0.2) is 5.96 Å². The van der Waals surface area contributed by atoms with Gasteiger partial charge in [-0.15, -0.1) is 24.0 Å². The number of nitrogens with one attached hydrogen (secondary N) is 2. The molecule has 166 valence electrons. The minimum Gasteiger partial charge on any atom is -0.356 e. The number of hydrogen-bond acceptors (Lipinski definition) is 3. The highest BCUT2D eigenvalue weighted by molar-refractivity contribution is 14.0. The molecule has 2 aromatic rings. The standard InChI is InChI=1S/C20H27F3N6.HI/c1-24-18(25-12-17-27-14-28-29(17)2)26-13-19(9-4-3-5-10-19)15-7-6-8-16(11-15)20(21,22)23;/h6-8,11,14H,3-5,9-10,12-13H2,1-2H3,(H2,24,25,26);1H. The third-order valence-electron chi connectivity index (χ3n) is 5.65. The van der Waals surface area contributed by atoms with E-state index in [0.717, 1.165) is 49.6 Å². The third-order valence-corrected chi connectivity index (χ3v) is 5.65. The van der Waals surface area contributed by atoms with Gasteiger partial charge in [0.2, 0.25) is 0 Å². The highest BCUT2D eigenvalue weighted by Crippen LogP contribution is 2.41. The summed E-state index contributed by atoms with van der Waals surface area (Å²) >= 11 is 0. The van der Waals surface area contributed by atoms with Gasteiger partial charge in [-0.2, -0.15) is 18.3 Å². The highest BCUT2D eigenvalue weighted by atomic mass is 127. The molecule has 0 radical (unpaired) electrons. The molecule has 1 aliphatic rings. The fourth-order valence-corrected chi connectivity index (χ4v) is 3.94. The molecule has 1 aliphatic carbocycles. The Morgan fingerprint density at radius 2 is 1.93 bits per heavy atom. The smallest absolute Gasteiger partial charge is 0.356 e. The molecule has 30 heavy (non-hydrogen) atoms. The molecule has 2 N–H and O–H groups in total. The van der Waals surface area contributed by atoms with E-state index in [2.05, 4.69) is 25.7 Å². The zero-order valence-corrected chi connectivity index (χ0v) is 19.5. The Kier molecular flexibility index (Phi) is 8.51. The van der Waals surface area contributed by atoms with E-state index in [4.69, 9.17) is 0 Å². The lowest BCUT2D eigenvalue weighted by Gasteiger charge is -2.38. The fraction of sp³-hybridized carbons (Fsp3) is 0.550. The van der Waals surface area contributed by atoms with E-state index in [-0.39, 0.29) is 29.4 Å². The lowest BCUT2D eigenvalue weighted by molar-refractivity contribution is -0.137. The average Bonchev–Trinajstić information content (AvgIpc) is 3.13. The summed E-state index contributed by atoms with van der Waals surface area (Å²) in [4.78, 5) is 8.41. The molecule has 0 bridgehead atoms. The Morgan fingerprint density at radius 1 is 1.20 bits per heavy atom. The lowest BCUT2D eigenvalue weighted by atomic mass is 9.69. The second-order valence-corrected chi connectivity index (χ2v) is 7.50. The van der Waals surface area contributed by atoms with E-state index in [9.17, 15) is 13.2 Å². The minimum atomic E-state index is -4.34. The van der Waals surface area contributed by atoms with Crippen molar-refractivity contribution in [3.8, 4) is 0 Å². The summed E-state index contributed by atoms with van der Waals surface area (Å²) in [5.41, 5.74) is -0.199. The third kappa shape index (κ3) is 5.86. The summed E-state index contributed by atoms with van der Waals surface area (Å²) < 4.78 is 41.4. The predicted octanol–water partition coefficient (Wildman–Crippen LogP) is 4.02. The normalized spacial score (nSPS) is 16.6. The van der Waals surface area contributed by atoms with Crippen LogP contribution in [-0.4, -0.2) is 34.3 Å². The molecule has 10 heteroatoms. The average molecular weight is 536 g/mol. The Bertz CT molecular complexity index is 843. The van der Waals surface area contributed by atoms with E-state index in [1.54, 1.807) is 11.7 Å². The molecule has 1 saturated carbocycles. The van der Waals surface area contributed by atoms with Crippen molar-refractivity contribution in [2.24, 2.45) is 12.0 Å². The van der Waals surface area contributed by atoms with Crippen LogP contribution in [0.1, 0.15) is 49.1 Å². The number of aromatic nitrogens is 3. The first kappa shape index (κ1) is 24.4. The van der Waals surface area contributed by atoms with E-state index < -0.39 is 11.7 Å². The number of alkyl halides is 3. The molecular weight excluding hydrogens is 508 g/mol. The number of nitrogens with zero attached hydrogens (tertiary/aromatic N) is 4. The van der Waals surface area contributed by atoms with Crippen molar-refractivity contribution in [3.05, 3.63) is 47.5 Å². The molecular formula is C20H28F3IN6. The van der Waals surface area contributed by atoms with Gasteiger partial charge in [0.1, 0.15) is 12.2 Å². The van der Waals surface area contributed by atoms with Crippen molar-refractivity contribution in [2.75, 3.05) is 13.6 Å². The molecule has 1 heterocycles. The number of benzene rings is 1. The maximum Gasteiger partial charge on any atom is 0.416 e. The van der Waals surface area contributed by atoms with Crippen LogP contribution >= 0.6 is 24.0 Å². The van der Waals surface area contributed by atoms with Crippen molar-refractivity contribution in [3.63, 3.8) is 0 Å². The van der Waals surface area contributed by atoms with Crippen LogP contribution < -0.4 is 10.6 Å². The van der Waals surface area contributed by atoms with Crippen molar-refractivity contribution < 1.29 is 13.2 Å². The Balaban J connectivity index is 0.00000320. The van der Waals surface area contributed by atoms with E-state index in [1.165, 1.54) is 18.5 Å². The van der Waals surface area contributed by atoms with Gasteiger partial charge in [-0.05, 0) is 24.5 Å². The van der Waals surface area contributed by atoms with Crippen LogP contribution in [0.5, 0.6) is 0 Å². The number of halogens is 4. The van der Waals surface area contributed by atoms with E-state index in [1.807, 2.05) is 13.1 Å². The van der Waals surface area contributed by atoms with Gasteiger partial charge in [-0.1, -0.05) is 37.5 Å². The Hall–Kier alpha value is -1.85. The van der Waals surface area contributed by atoms with Crippen LogP contribution in [0, 0.1) is 0 Å². The zero-order valence-electron chi connectivity index (χ0n) is 17.2. The Labute approximate surface area is 191 Å². The van der Waals surface area contributed by atoms with Crippen LogP contribution in [0.4, 0.5) is 13.2 Å². The number of guanidine groups is 1. The molecule has 0 spiro atoms. The van der Waals surface area contributed by atoms with Gasteiger partial charge in [0.25, 0.3) is 0 Å². The van der Waals surface area contributed by atoms with Crippen molar-refractivity contribution in [1.29, 1.82) is 0 Å². The van der Waals surface area contributed by atoms with Crippen LogP contribution in [0.15, 0.2) is 35.6 Å². The van der Waals surface area contributed by atoms with Crippen molar-refractivity contribution in [2.45, 2.75) is 50.2 Å². The second-order valence-electron chi connectivity index (χ2n) is 7.50. The largest absolute Gasteiger partial charge is 0.416 e. The molecule has 6 nitrogen and oxygen atoms in total. The summed E-state index contributed by atoms with van der Waals surface area (Å²) in [5, 5.41) is 10.5. The summed E-state index contributed by atoms with van der Waals surface area (Å²) in [6.07, 6.45) is 1.96. The topological polar surface area (TPSA) is 67.1 Å². The lowest BCUT2D eigenvalue weighted by Crippen LogP contribution is -2.46. The second kappa shape index (κ2) is 10.5. The van der Waals surface area contributed by atoms with E-state index >= 15 is 0 Å². The summed E-state index contributed by atoms with van der Waals surface area (Å²) in [7, 11) is 3.48. The number of aliphatic imine (C=N–C) groups is 1.